The Bertz CT molecular complexity index is 685. The third-order valence-corrected chi connectivity index (χ3v) is 2.68. The quantitative estimate of drug-likeness (QED) is 0.592. The number of ether oxygens (including phenoxy) is 2. The minimum Gasteiger partial charge on any atom is -0.508 e. The van der Waals surface area contributed by atoms with Gasteiger partial charge < -0.3 is 25.2 Å². The summed E-state index contributed by atoms with van der Waals surface area (Å²) in [7, 11) is 0. The molecule has 23 heavy (non-hydrogen) atoms. The highest BCUT2D eigenvalue weighted by molar-refractivity contribution is 5.99. The molecule has 0 spiro atoms. The maximum atomic E-state index is 11.8. The maximum absolute atomic E-state index is 11.8. The Hall–Kier alpha value is -3.22. The van der Waals surface area contributed by atoms with E-state index in [2.05, 4.69) is 15.4 Å². The Morgan fingerprint density at radius 1 is 1.04 bits per heavy atom. The number of rotatable bonds is 4. The van der Waals surface area contributed by atoms with Gasteiger partial charge in [0, 0.05) is 17.4 Å². The van der Waals surface area contributed by atoms with E-state index in [1.165, 1.54) is 24.3 Å². The first-order valence-electron chi connectivity index (χ1n) is 6.88. The summed E-state index contributed by atoms with van der Waals surface area (Å²) in [5.41, 5.74) is 0.976. The summed E-state index contributed by atoms with van der Waals surface area (Å²) >= 11 is 0. The number of benzene rings is 2. The van der Waals surface area contributed by atoms with Crippen molar-refractivity contribution in [3.05, 3.63) is 48.5 Å². The summed E-state index contributed by atoms with van der Waals surface area (Å²) in [5.74, 6) is 0.366. The summed E-state index contributed by atoms with van der Waals surface area (Å²) in [6, 6.07) is 12.0. The molecule has 2 aromatic carbocycles. The van der Waals surface area contributed by atoms with Crippen LogP contribution in [0.25, 0.3) is 0 Å². The Kier molecular flexibility index (Phi) is 5.40. The summed E-state index contributed by atoms with van der Waals surface area (Å²) in [5, 5.41) is 14.5. The van der Waals surface area contributed by atoms with Crippen molar-refractivity contribution >= 4 is 23.6 Å². The van der Waals surface area contributed by atoms with Crippen LogP contribution >= 0.6 is 0 Å². The molecule has 3 N–H and O–H groups in total. The fourth-order valence-electron chi connectivity index (χ4n) is 1.73. The Morgan fingerprint density at radius 2 is 1.74 bits per heavy atom. The normalized spacial score (nSPS) is 9.78. The topological polar surface area (TPSA) is 96.9 Å². The van der Waals surface area contributed by atoms with Crippen LogP contribution in [0.1, 0.15) is 6.92 Å². The third-order valence-electron chi connectivity index (χ3n) is 2.68. The van der Waals surface area contributed by atoms with Gasteiger partial charge in [-0.3, -0.25) is 0 Å². The molecule has 7 nitrogen and oxygen atoms in total. The highest BCUT2D eigenvalue weighted by atomic mass is 16.7. The van der Waals surface area contributed by atoms with Crippen LogP contribution in [0.4, 0.5) is 21.0 Å². The summed E-state index contributed by atoms with van der Waals surface area (Å²) in [4.78, 5) is 23.0. The summed E-state index contributed by atoms with van der Waals surface area (Å²) in [6.07, 6.45) is -0.783. The minimum atomic E-state index is -0.783. The lowest BCUT2D eigenvalue weighted by molar-refractivity contribution is 0.104. The summed E-state index contributed by atoms with van der Waals surface area (Å²) in [6.45, 7) is 1.91. The number of hydrogen-bond acceptors (Lipinski definition) is 5. The lowest BCUT2D eigenvalue weighted by Crippen LogP contribution is -2.19. The standard InChI is InChI=1S/C16H16N2O5/c1-2-22-16(21)23-14-8-6-11(7-9-14)17-15(20)18-12-4-3-5-13(19)10-12/h3-10,19H,2H2,1H3,(H2,17,18,20). The van der Waals surface area contributed by atoms with E-state index < -0.39 is 12.2 Å². The second-order valence-corrected chi connectivity index (χ2v) is 4.44. The van der Waals surface area contributed by atoms with Crippen molar-refractivity contribution in [1.82, 2.24) is 0 Å². The molecule has 2 aromatic rings. The van der Waals surface area contributed by atoms with Crippen molar-refractivity contribution in [2.24, 2.45) is 0 Å². The van der Waals surface area contributed by atoms with Crippen molar-refractivity contribution in [2.75, 3.05) is 17.2 Å². The molecule has 0 bridgehead atoms. The van der Waals surface area contributed by atoms with Crippen molar-refractivity contribution in [3.8, 4) is 11.5 Å². The fraction of sp³-hybridized carbons (Fsp3) is 0.125. The van der Waals surface area contributed by atoms with Gasteiger partial charge >= 0.3 is 12.2 Å². The number of aromatic hydroxyl groups is 1. The van der Waals surface area contributed by atoms with E-state index in [-0.39, 0.29) is 12.4 Å². The SMILES string of the molecule is CCOC(=O)Oc1ccc(NC(=O)Nc2cccc(O)c2)cc1. The van der Waals surface area contributed by atoms with Crippen molar-refractivity contribution in [2.45, 2.75) is 6.92 Å². The second-order valence-electron chi connectivity index (χ2n) is 4.44. The van der Waals surface area contributed by atoms with Crippen LogP contribution in [0.2, 0.25) is 0 Å². The van der Waals surface area contributed by atoms with Crippen molar-refractivity contribution < 1.29 is 24.2 Å². The van der Waals surface area contributed by atoms with Crippen LogP contribution in [-0.4, -0.2) is 23.9 Å². The zero-order valence-corrected chi connectivity index (χ0v) is 12.4. The van der Waals surface area contributed by atoms with Crippen LogP contribution in [0, 0.1) is 0 Å². The van der Waals surface area contributed by atoms with Gasteiger partial charge in [-0.05, 0) is 43.3 Å². The molecule has 0 aliphatic carbocycles. The van der Waals surface area contributed by atoms with Gasteiger partial charge in [-0.1, -0.05) is 6.07 Å². The van der Waals surface area contributed by atoms with Crippen LogP contribution < -0.4 is 15.4 Å². The van der Waals surface area contributed by atoms with Gasteiger partial charge in [0.15, 0.2) is 0 Å². The number of anilines is 2. The van der Waals surface area contributed by atoms with E-state index in [0.717, 1.165) is 0 Å². The molecule has 2 amide bonds. The zero-order valence-electron chi connectivity index (χ0n) is 12.4. The van der Waals surface area contributed by atoms with Crippen molar-refractivity contribution in [1.29, 1.82) is 0 Å². The number of urea groups is 1. The molecule has 120 valence electrons. The van der Waals surface area contributed by atoms with Crippen LogP contribution in [0.15, 0.2) is 48.5 Å². The van der Waals surface area contributed by atoms with Crippen LogP contribution in [0.3, 0.4) is 0 Å². The second kappa shape index (κ2) is 7.69. The fourth-order valence-corrected chi connectivity index (χ4v) is 1.73. The molecular formula is C16H16N2O5. The van der Waals surface area contributed by atoms with E-state index in [0.29, 0.717) is 17.1 Å². The predicted octanol–water partition coefficient (Wildman–Crippen LogP) is 3.57. The van der Waals surface area contributed by atoms with E-state index in [4.69, 9.17) is 4.74 Å². The highest BCUT2D eigenvalue weighted by Gasteiger charge is 2.06. The summed E-state index contributed by atoms with van der Waals surface area (Å²) < 4.78 is 9.56. The van der Waals surface area contributed by atoms with E-state index in [1.807, 2.05) is 0 Å². The molecule has 0 aliphatic heterocycles. The Morgan fingerprint density at radius 3 is 2.39 bits per heavy atom. The number of hydrogen-bond donors (Lipinski definition) is 3. The van der Waals surface area contributed by atoms with Gasteiger partial charge in [0.25, 0.3) is 0 Å². The molecule has 0 aliphatic rings. The molecule has 2 rings (SSSR count). The number of phenolic OH excluding ortho intramolecular Hbond substituents is 1. The van der Waals surface area contributed by atoms with E-state index in [1.54, 1.807) is 31.2 Å². The first kappa shape index (κ1) is 16.2. The first-order chi connectivity index (χ1) is 11.1. The first-order valence-corrected chi connectivity index (χ1v) is 6.88. The number of carbonyl (C=O) groups excluding carboxylic acids is 2. The molecule has 0 aromatic heterocycles. The molecular weight excluding hydrogens is 300 g/mol. The molecule has 0 unspecified atom stereocenters. The lowest BCUT2D eigenvalue weighted by Gasteiger charge is -2.09. The molecule has 7 heteroatoms. The minimum absolute atomic E-state index is 0.0586. The maximum Gasteiger partial charge on any atom is 0.513 e. The molecule has 0 radical (unpaired) electrons. The average Bonchev–Trinajstić information content (AvgIpc) is 2.49. The molecule has 0 fully saturated rings. The smallest absolute Gasteiger partial charge is 0.508 e. The average molecular weight is 316 g/mol. The number of phenols is 1. The highest BCUT2D eigenvalue weighted by Crippen LogP contribution is 2.18. The molecule has 0 saturated carbocycles. The monoisotopic (exact) mass is 316 g/mol. The zero-order chi connectivity index (χ0) is 16.7. The largest absolute Gasteiger partial charge is 0.513 e. The number of amides is 2. The third kappa shape index (κ3) is 5.24. The molecule has 0 heterocycles. The Labute approximate surface area is 132 Å². The van der Waals surface area contributed by atoms with Crippen LogP contribution in [0.5, 0.6) is 11.5 Å². The Balaban J connectivity index is 1.90. The van der Waals surface area contributed by atoms with Gasteiger partial charge in [-0.2, -0.15) is 0 Å². The van der Waals surface area contributed by atoms with Gasteiger partial charge in [0.05, 0.1) is 6.61 Å². The van der Waals surface area contributed by atoms with Crippen LogP contribution in [-0.2, 0) is 4.74 Å². The van der Waals surface area contributed by atoms with Crippen molar-refractivity contribution in [3.63, 3.8) is 0 Å². The van der Waals surface area contributed by atoms with E-state index in [9.17, 15) is 14.7 Å². The van der Waals surface area contributed by atoms with Gasteiger partial charge in [0.1, 0.15) is 11.5 Å². The number of nitrogens with one attached hydrogen (secondary N) is 2. The van der Waals surface area contributed by atoms with E-state index >= 15 is 0 Å². The van der Waals surface area contributed by atoms with Gasteiger partial charge in [-0.25, -0.2) is 9.59 Å². The lowest BCUT2D eigenvalue weighted by atomic mass is 10.3. The van der Waals surface area contributed by atoms with Gasteiger partial charge in [0.2, 0.25) is 0 Å². The molecule has 0 saturated heterocycles. The number of carbonyl (C=O) groups is 2. The van der Waals surface area contributed by atoms with Gasteiger partial charge in [-0.15, -0.1) is 0 Å². The molecule has 0 atom stereocenters. The predicted molar refractivity (Wildman–Crippen MR) is 84.8 cm³/mol.